The molecule has 114 valence electrons. The normalized spacial score (nSPS) is 11.0. The molecule has 0 unspecified atom stereocenters. The quantitative estimate of drug-likeness (QED) is 0.738. The van der Waals surface area contributed by atoms with Crippen LogP contribution in [0.3, 0.4) is 0 Å². The number of nitrogens with one attached hydrogen (secondary N) is 1. The fourth-order valence-corrected chi connectivity index (χ4v) is 2.53. The molecule has 21 heavy (non-hydrogen) atoms. The predicted octanol–water partition coefficient (Wildman–Crippen LogP) is 3.61. The Morgan fingerprint density at radius 3 is 2.95 bits per heavy atom. The average Bonchev–Trinajstić information content (AvgIpc) is 2.96. The topological polar surface area (TPSA) is 39.1 Å². The molecule has 0 saturated carbocycles. The highest BCUT2D eigenvalue weighted by Crippen LogP contribution is 2.29. The first-order valence-corrected chi connectivity index (χ1v) is 8.05. The second kappa shape index (κ2) is 8.20. The van der Waals surface area contributed by atoms with Gasteiger partial charge in [-0.15, -0.1) is 0 Å². The van der Waals surface area contributed by atoms with Crippen molar-refractivity contribution in [2.75, 3.05) is 6.61 Å². The van der Waals surface area contributed by atoms with Gasteiger partial charge >= 0.3 is 0 Å². The SMILES string of the molecule is CC(C)NCc1cccc(Br)c1OCCCn1ccnc1. The zero-order chi connectivity index (χ0) is 15.1. The molecule has 1 aromatic heterocycles. The number of imidazole rings is 1. The molecule has 0 amide bonds. The van der Waals surface area contributed by atoms with E-state index in [9.17, 15) is 0 Å². The number of aromatic nitrogens is 2. The largest absolute Gasteiger partial charge is 0.492 e. The molecule has 0 bridgehead atoms. The summed E-state index contributed by atoms with van der Waals surface area (Å²) in [7, 11) is 0. The van der Waals surface area contributed by atoms with Crippen molar-refractivity contribution in [3.05, 3.63) is 47.0 Å². The summed E-state index contributed by atoms with van der Waals surface area (Å²) in [5, 5.41) is 3.43. The van der Waals surface area contributed by atoms with Crippen molar-refractivity contribution >= 4 is 15.9 Å². The van der Waals surface area contributed by atoms with Crippen molar-refractivity contribution in [1.29, 1.82) is 0 Å². The van der Waals surface area contributed by atoms with Gasteiger partial charge in [-0.2, -0.15) is 0 Å². The van der Waals surface area contributed by atoms with E-state index < -0.39 is 0 Å². The monoisotopic (exact) mass is 351 g/mol. The fraction of sp³-hybridized carbons (Fsp3) is 0.438. The molecule has 0 atom stereocenters. The molecule has 0 fully saturated rings. The fourth-order valence-electron chi connectivity index (χ4n) is 2.01. The summed E-state index contributed by atoms with van der Waals surface area (Å²) in [5.74, 6) is 0.941. The van der Waals surface area contributed by atoms with Crippen LogP contribution in [0.1, 0.15) is 25.8 Å². The van der Waals surface area contributed by atoms with Crippen molar-refractivity contribution in [3.8, 4) is 5.75 Å². The number of para-hydroxylation sites is 1. The number of aryl methyl sites for hydroxylation is 1. The van der Waals surface area contributed by atoms with Gasteiger partial charge in [-0.1, -0.05) is 26.0 Å². The van der Waals surface area contributed by atoms with Gasteiger partial charge in [-0.3, -0.25) is 0 Å². The lowest BCUT2D eigenvalue weighted by atomic mass is 10.2. The van der Waals surface area contributed by atoms with Crippen LogP contribution < -0.4 is 10.1 Å². The number of hydrogen-bond donors (Lipinski definition) is 1. The molecule has 0 saturated heterocycles. The zero-order valence-electron chi connectivity index (χ0n) is 12.6. The predicted molar refractivity (Wildman–Crippen MR) is 88.5 cm³/mol. The molecule has 5 heteroatoms. The van der Waals surface area contributed by atoms with E-state index in [4.69, 9.17) is 4.74 Å². The Kier molecular flexibility index (Phi) is 6.26. The second-order valence-corrected chi connectivity index (χ2v) is 6.12. The Bertz CT molecular complexity index is 540. The third kappa shape index (κ3) is 5.17. The molecule has 0 aliphatic rings. The highest BCUT2D eigenvalue weighted by Gasteiger charge is 2.08. The van der Waals surface area contributed by atoms with E-state index >= 15 is 0 Å². The van der Waals surface area contributed by atoms with E-state index in [-0.39, 0.29) is 0 Å². The van der Waals surface area contributed by atoms with Gasteiger partial charge in [0.25, 0.3) is 0 Å². The van der Waals surface area contributed by atoms with Crippen LogP contribution in [0.5, 0.6) is 5.75 Å². The first kappa shape index (κ1) is 16.0. The number of hydrogen-bond acceptors (Lipinski definition) is 3. The summed E-state index contributed by atoms with van der Waals surface area (Å²) in [5.41, 5.74) is 1.18. The minimum absolute atomic E-state index is 0.457. The van der Waals surface area contributed by atoms with Gasteiger partial charge in [-0.25, -0.2) is 4.98 Å². The molecule has 0 aliphatic carbocycles. The zero-order valence-corrected chi connectivity index (χ0v) is 14.1. The van der Waals surface area contributed by atoms with Crippen LogP contribution in [-0.4, -0.2) is 22.2 Å². The maximum Gasteiger partial charge on any atom is 0.137 e. The number of ether oxygens (including phenoxy) is 1. The number of rotatable bonds is 8. The van der Waals surface area contributed by atoms with Crippen LogP contribution in [0.2, 0.25) is 0 Å². The molecular weight excluding hydrogens is 330 g/mol. The smallest absolute Gasteiger partial charge is 0.137 e. The lowest BCUT2D eigenvalue weighted by Crippen LogP contribution is -2.22. The van der Waals surface area contributed by atoms with Gasteiger partial charge in [0.05, 0.1) is 17.4 Å². The van der Waals surface area contributed by atoms with Gasteiger partial charge < -0.3 is 14.6 Å². The number of halogens is 1. The van der Waals surface area contributed by atoms with E-state index in [1.165, 1.54) is 5.56 Å². The molecule has 1 heterocycles. The summed E-state index contributed by atoms with van der Waals surface area (Å²) < 4.78 is 9.05. The van der Waals surface area contributed by atoms with Gasteiger partial charge in [-0.05, 0) is 28.4 Å². The highest BCUT2D eigenvalue weighted by molar-refractivity contribution is 9.10. The van der Waals surface area contributed by atoms with Crippen LogP contribution >= 0.6 is 15.9 Å². The van der Waals surface area contributed by atoms with Crippen LogP contribution in [-0.2, 0) is 13.1 Å². The van der Waals surface area contributed by atoms with E-state index in [1.807, 2.05) is 24.7 Å². The maximum atomic E-state index is 5.98. The number of benzene rings is 1. The summed E-state index contributed by atoms with van der Waals surface area (Å²) in [6.45, 7) is 6.71. The summed E-state index contributed by atoms with van der Waals surface area (Å²) in [6.07, 6.45) is 6.55. The third-order valence-corrected chi connectivity index (χ3v) is 3.74. The first-order chi connectivity index (χ1) is 10.2. The molecule has 1 aromatic carbocycles. The van der Waals surface area contributed by atoms with Crippen molar-refractivity contribution in [2.24, 2.45) is 0 Å². The van der Waals surface area contributed by atoms with Gasteiger partial charge in [0.2, 0.25) is 0 Å². The van der Waals surface area contributed by atoms with Gasteiger partial charge in [0, 0.05) is 37.1 Å². The summed E-state index contributed by atoms with van der Waals surface area (Å²) in [4.78, 5) is 4.03. The second-order valence-electron chi connectivity index (χ2n) is 5.27. The maximum absolute atomic E-state index is 5.98. The molecule has 0 radical (unpaired) electrons. The van der Waals surface area contributed by atoms with Crippen molar-refractivity contribution < 1.29 is 4.74 Å². The van der Waals surface area contributed by atoms with Crippen molar-refractivity contribution in [1.82, 2.24) is 14.9 Å². The van der Waals surface area contributed by atoms with Gasteiger partial charge in [0.1, 0.15) is 5.75 Å². The Labute approximate surface area is 134 Å². The lowest BCUT2D eigenvalue weighted by molar-refractivity contribution is 0.296. The van der Waals surface area contributed by atoms with Crippen LogP contribution in [0.4, 0.5) is 0 Å². The Morgan fingerprint density at radius 2 is 2.24 bits per heavy atom. The van der Waals surface area contributed by atoms with E-state index in [0.717, 1.165) is 29.7 Å². The molecule has 0 spiro atoms. The standard InChI is InChI=1S/C16H22BrN3O/c1-13(2)19-11-14-5-3-6-15(17)16(14)21-10-4-8-20-9-7-18-12-20/h3,5-7,9,12-13,19H,4,8,10-11H2,1-2H3. The molecule has 1 N–H and O–H groups in total. The highest BCUT2D eigenvalue weighted by atomic mass is 79.9. The molecule has 2 rings (SSSR count). The molecule has 0 aliphatic heterocycles. The van der Waals surface area contributed by atoms with Crippen LogP contribution in [0.15, 0.2) is 41.4 Å². The van der Waals surface area contributed by atoms with Crippen LogP contribution in [0, 0.1) is 0 Å². The number of nitrogens with zero attached hydrogens (tertiary/aromatic N) is 2. The van der Waals surface area contributed by atoms with Gasteiger partial charge in [0.15, 0.2) is 0 Å². The Balaban J connectivity index is 1.88. The average molecular weight is 352 g/mol. The minimum atomic E-state index is 0.457. The van der Waals surface area contributed by atoms with E-state index in [0.29, 0.717) is 12.6 Å². The van der Waals surface area contributed by atoms with Crippen LogP contribution in [0.25, 0.3) is 0 Å². The summed E-state index contributed by atoms with van der Waals surface area (Å²) >= 11 is 3.58. The van der Waals surface area contributed by atoms with E-state index in [2.05, 4.69) is 50.7 Å². The minimum Gasteiger partial charge on any atom is -0.492 e. The molecular formula is C16H22BrN3O. The molecule has 2 aromatic rings. The van der Waals surface area contributed by atoms with Crippen molar-refractivity contribution in [2.45, 2.75) is 39.4 Å². The van der Waals surface area contributed by atoms with E-state index in [1.54, 1.807) is 6.20 Å². The Hall–Kier alpha value is -1.33. The first-order valence-electron chi connectivity index (χ1n) is 7.26. The lowest BCUT2D eigenvalue weighted by Gasteiger charge is -2.15. The third-order valence-electron chi connectivity index (χ3n) is 3.12. The van der Waals surface area contributed by atoms with Crippen molar-refractivity contribution in [3.63, 3.8) is 0 Å². The summed E-state index contributed by atoms with van der Waals surface area (Å²) in [6, 6.07) is 6.62. The Morgan fingerprint density at radius 1 is 1.38 bits per heavy atom. The molecule has 4 nitrogen and oxygen atoms in total.